The van der Waals surface area contributed by atoms with Crippen LogP contribution in [0.3, 0.4) is 0 Å². The highest BCUT2D eigenvalue weighted by Crippen LogP contribution is 2.25. The molecular weight excluding hydrogens is 327 g/mol. The molecule has 0 radical (unpaired) electrons. The number of nitrogens with one attached hydrogen (secondary N) is 1. The fourth-order valence-electron chi connectivity index (χ4n) is 2.19. The van der Waals surface area contributed by atoms with Gasteiger partial charge in [0, 0.05) is 5.02 Å². The van der Waals surface area contributed by atoms with Crippen LogP contribution in [0.15, 0.2) is 18.2 Å². The summed E-state index contributed by atoms with van der Waals surface area (Å²) in [4.78, 5) is 25.1. The Morgan fingerprint density at radius 1 is 1.32 bits per heavy atom. The first-order valence-electron chi connectivity index (χ1n) is 7.10. The van der Waals surface area contributed by atoms with Crippen molar-refractivity contribution in [1.29, 1.82) is 0 Å². The first-order valence-corrected chi connectivity index (χ1v) is 7.86. The van der Waals surface area contributed by atoms with Gasteiger partial charge in [0.1, 0.15) is 6.04 Å². The summed E-state index contributed by atoms with van der Waals surface area (Å²) in [6.45, 7) is 4.26. The first-order chi connectivity index (χ1) is 10.4. The molecule has 0 spiro atoms. The van der Waals surface area contributed by atoms with Gasteiger partial charge in [0.25, 0.3) is 0 Å². The van der Waals surface area contributed by atoms with Gasteiger partial charge in [-0.2, -0.15) is 0 Å². The maximum atomic E-state index is 12.1. The van der Waals surface area contributed by atoms with Crippen molar-refractivity contribution in [3.05, 3.63) is 28.2 Å². The number of hydrogen-bond donors (Lipinski definition) is 2. The van der Waals surface area contributed by atoms with Crippen LogP contribution in [0, 0.1) is 0 Å². The van der Waals surface area contributed by atoms with Crippen molar-refractivity contribution in [2.75, 3.05) is 18.4 Å². The number of carbonyl (C=O) groups is 2. The summed E-state index contributed by atoms with van der Waals surface area (Å²) in [7, 11) is 0. The number of halogens is 2. The lowest BCUT2D eigenvalue weighted by atomic mass is 10.2. The van der Waals surface area contributed by atoms with Crippen LogP contribution < -0.4 is 5.32 Å². The van der Waals surface area contributed by atoms with Crippen molar-refractivity contribution in [1.82, 2.24) is 4.90 Å². The number of nitrogens with zero attached hydrogens (tertiary/aromatic N) is 1. The summed E-state index contributed by atoms with van der Waals surface area (Å²) < 4.78 is 0. The highest BCUT2D eigenvalue weighted by molar-refractivity contribution is 6.36. The molecule has 1 aromatic rings. The zero-order valence-corrected chi connectivity index (χ0v) is 14.1. The van der Waals surface area contributed by atoms with Crippen LogP contribution in [0.25, 0.3) is 0 Å². The van der Waals surface area contributed by atoms with Gasteiger partial charge in [-0.25, -0.2) is 0 Å². The van der Waals surface area contributed by atoms with Crippen LogP contribution >= 0.6 is 23.2 Å². The molecule has 0 aliphatic carbocycles. The molecule has 1 rings (SSSR count). The lowest BCUT2D eigenvalue weighted by Gasteiger charge is -2.27. The topological polar surface area (TPSA) is 69.6 Å². The number of amides is 1. The van der Waals surface area contributed by atoms with Gasteiger partial charge in [-0.3, -0.25) is 14.5 Å². The molecule has 7 heteroatoms. The molecule has 0 heterocycles. The molecule has 0 aromatic heterocycles. The quantitative estimate of drug-likeness (QED) is 0.755. The van der Waals surface area contributed by atoms with Gasteiger partial charge in [-0.15, -0.1) is 0 Å². The fourth-order valence-corrected chi connectivity index (χ4v) is 2.64. The monoisotopic (exact) mass is 346 g/mol. The van der Waals surface area contributed by atoms with Gasteiger partial charge in [0.15, 0.2) is 0 Å². The summed E-state index contributed by atoms with van der Waals surface area (Å²) in [6.07, 6.45) is 1.20. The summed E-state index contributed by atoms with van der Waals surface area (Å²) in [5, 5.41) is 12.7. The van der Waals surface area contributed by atoms with Gasteiger partial charge < -0.3 is 10.4 Å². The van der Waals surface area contributed by atoms with E-state index in [2.05, 4.69) is 5.32 Å². The van der Waals surface area contributed by atoms with Crippen molar-refractivity contribution >= 4 is 40.8 Å². The molecule has 0 aliphatic heterocycles. The minimum Gasteiger partial charge on any atom is -0.480 e. The Morgan fingerprint density at radius 3 is 2.50 bits per heavy atom. The largest absolute Gasteiger partial charge is 0.480 e. The van der Waals surface area contributed by atoms with E-state index in [1.807, 2.05) is 6.92 Å². The molecule has 22 heavy (non-hydrogen) atoms. The number of rotatable bonds is 8. The number of hydrogen-bond acceptors (Lipinski definition) is 3. The summed E-state index contributed by atoms with van der Waals surface area (Å²) in [5.74, 6) is -1.23. The maximum Gasteiger partial charge on any atom is 0.320 e. The van der Waals surface area contributed by atoms with Crippen LogP contribution in [-0.2, 0) is 9.59 Å². The molecule has 2 N–H and O–H groups in total. The third-order valence-corrected chi connectivity index (χ3v) is 3.72. The second-order valence-electron chi connectivity index (χ2n) is 4.91. The third kappa shape index (κ3) is 5.48. The molecule has 1 unspecified atom stereocenters. The molecule has 122 valence electrons. The number of anilines is 1. The predicted molar refractivity (Wildman–Crippen MR) is 88.7 cm³/mol. The van der Waals surface area contributed by atoms with E-state index in [4.69, 9.17) is 23.2 Å². The maximum absolute atomic E-state index is 12.1. The standard InChI is InChI=1S/C15H20Cl2N2O3/c1-3-7-19(13(4-2)15(21)22)9-14(20)18-12-6-5-10(16)8-11(12)17/h5-6,8,13H,3-4,7,9H2,1-2H3,(H,18,20)(H,21,22). The Labute approximate surface area is 140 Å². The number of carboxylic acids is 1. The molecule has 1 atom stereocenters. The van der Waals surface area contributed by atoms with Gasteiger partial charge in [-0.1, -0.05) is 37.0 Å². The van der Waals surface area contributed by atoms with Crippen LogP contribution in [0.5, 0.6) is 0 Å². The summed E-state index contributed by atoms with van der Waals surface area (Å²) >= 11 is 11.8. The Balaban J connectivity index is 2.76. The molecule has 1 aromatic carbocycles. The summed E-state index contributed by atoms with van der Waals surface area (Å²) in [5.41, 5.74) is 0.455. The van der Waals surface area contributed by atoms with Gasteiger partial charge in [0.2, 0.25) is 5.91 Å². The van der Waals surface area contributed by atoms with Crippen molar-refractivity contribution in [2.24, 2.45) is 0 Å². The van der Waals surface area contributed by atoms with Crippen LogP contribution in [0.4, 0.5) is 5.69 Å². The molecular formula is C15H20Cl2N2O3. The lowest BCUT2D eigenvalue weighted by molar-refractivity contribution is -0.143. The molecule has 1 amide bonds. The molecule has 5 nitrogen and oxygen atoms in total. The highest BCUT2D eigenvalue weighted by atomic mass is 35.5. The Bertz CT molecular complexity index is 538. The second-order valence-corrected chi connectivity index (χ2v) is 5.75. The first kappa shape index (κ1) is 18.7. The van der Waals surface area contributed by atoms with E-state index in [1.54, 1.807) is 24.0 Å². The number of aliphatic carboxylic acids is 1. The number of carboxylic acid groups (broad SMARTS) is 1. The Hall–Kier alpha value is -1.30. The smallest absolute Gasteiger partial charge is 0.320 e. The number of benzene rings is 1. The van der Waals surface area contributed by atoms with Gasteiger partial charge >= 0.3 is 5.97 Å². The molecule has 0 bridgehead atoms. The Kier molecular flexibility index (Phi) is 7.65. The number of carbonyl (C=O) groups excluding carboxylic acids is 1. The zero-order valence-electron chi connectivity index (χ0n) is 12.6. The minimum absolute atomic E-state index is 0.00238. The third-order valence-electron chi connectivity index (χ3n) is 3.18. The van der Waals surface area contributed by atoms with E-state index < -0.39 is 12.0 Å². The zero-order chi connectivity index (χ0) is 16.7. The fraction of sp³-hybridized carbons (Fsp3) is 0.467. The van der Waals surface area contributed by atoms with Crippen LogP contribution in [0.2, 0.25) is 10.0 Å². The summed E-state index contributed by atoms with van der Waals surface area (Å²) in [6, 6.07) is 4.10. The Morgan fingerprint density at radius 2 is 2.00 bits per heavy atom. The minimum atomic E-state index is -0.923. The normalized spacial score (nSPS) is 12.2. The van der Waals surface area contributed by atoms with Crippen molar-refractivity contribution in [3.8, 4) is 0 Å². The highest BCUT2D eigenvalue weighted by Gasteiger charge is 2.25. The van der Waals surface area contributed by atoms with Crippen molar-refractivity contribution in [2.45, 2.75) is 32.7 Å². The van der Waals surface area contributed by atoms with E-state index in [9.17, 15) is 14.7 Å². The van der Waals surface area contributed by atoms with E-state index in [0.29, 0.717) is 28.7 Å². The average molecular weight is 347 g/mol. The van der Waals surface area contributed by atoms with Crippen LogP contribution in [-0.4, -0.2) is 41.0 Å². The van der Waals surface area contributed by atoms with E-state index in [1.165, 1.54) is 6.07 Å². The van der Waals surface area contributed by atoms with E-state index in [0.717, 1.165) is 6.42 Å². The van der Waals surface area contributed by atoms with Gasteiger partial charge in [-0.05, 0) is 37.6 Å². The van der Waals surface area contributed by atoms with E-state index >= 15 is 0 Å². The average Bonchev–Trinajstić information content (AvgIpc) is 2.42. The van der Waals surface area contributed by atoms with Gasteiger partial charge in [0.05, 0.1) is 17.3 Å². The molecule has 0 saturated carbocycles. The van der Waals surface area contributed by atoms with E-state index in [-0.39, 0.29) is 12.5 Å². The molecule has 0 saturated heterocycles. The van der Waals surface area contributed by atoms with Crippen molar-refractivity contribution in [3.63, 3.8) is 0 Å². The lowest BCUT2D eigenvalue weighted by Crippen LogP contribution is -2.45. The predicted octanol–water partition coefficient (Wildman–Crippen LogP) is 3.51. The SMILES string of the molecule is CCCN(CC(=O)Nc1ccc(Cl)cc1Cl)C(CC)C(=O)O. The van der Waals surface area contributed by atoms with Crippen molar-refractivity contribution < 1.29 is 14.7 Å². The van der Waals surface area contributed by atoms with Crippen LogP contribution in [0.1, 0.15) is 26.7 Å². The molecule has 0 fully saturated rings. The molecule has 0 aliphatic rings. The second kappa shape index (κ2) is 8.98.